The van der Waals surface area contributed by atoms with E-state index in [1.54, 1.807) is 0 Å². The SMILES string of the molecule is Clc1nc(Cl)c2c(n1)nc(N1CCCCCC1)n2Cc1ccccc1. The van der Waals surface area contributed by atoms with Crippen molar-refractivity contribution < 1.29 is 0 Å². The molecule has 0 bridgehead atoms. The van der Waals surface area contributed by atoms with Gasteiger partial charge in [0.25, 0.3) is 0 Å². The minimum atomic E-state index is 0.129. The average molecular weight is 376 g/mol. The standard InChI is InChI=1S/C18H19Cl2N5/c19-15-14-16(22-17(20)21-15)23-18(24-10-6-1-2-7-11-24)25(14)12-13-8-4-3-5-9-13/h3-5,8-9H,1-2,6-7,10-12H2. The maximum absolute atomic E-state index is 6.40. The summed E-state index contributed by atoms with van der Waals surface area (Å²) in [6.07, 6.45) is 4.88. The van der Waals surface area contributed by atoms with Crippen molar-refractivity contribution in [2.24, 2.45) is 0 Å². The average Bonchev–Trinajstić information content (AvgIpc) is 2.79. The second-order valence-corrected chi connectivity index (χ2v) is 7.04. The van der Waals surface area contributed by atoms with Crippen LogP contribution in [0.2, 0.25) is 10.4 Å². The van der Waals surface area contributed by atoms with Crippen LogP contribution < -0.4 is 4.90 Å². The molecule has 0 aliphatic carbocycles. The molecule has 0 spiro atoms. The van der Waals surface area contributed by atoms with Gasteiger partial charge in [-0.15, -0.1) is 0 Å². The molecule has 7 heteroatoms. The Morgan fingerprint density at radius 2 is 1.60 bits per heavy atom. The molecular weight excluding hydrogens is 357 g/mol. The fourth-order valence-corrected chi connectivity index (χ4v) is 3.86. The van der Waals surface area contributed by atoms with Crippen molar-refractivity contribution in [3.05, 3.63) is 46.3 Å². The number of halogens is 2. The maximum Gasteiger partial charge on any atom is 0.225 e. The molecule has 0 amide bonds. The van der Waals surface area contributed by atoms with Crippen LogP contribution in [0.15, 0.2) is 30.3 Å². The third-order valence-electron chi connectivity index (χ3n) is 4.59. The lowest BCUT2D eigenvalue weighted by Gasteiger charge is -2.22. The first-order valence-electron chi connectivity index (χ1n) is 8.60. The summed E-state index contributed by atoms with van der Waals surface area (Å²) >= 11 is 12.4. The summed E-state index contributed by atoms with van der Waals surface area (Å²) in [6.45, 7) is 2.67. The fraction of sp³-hybridized carbons (Fsp3) is 0.389. The molecule has 5 nitrogen and oxygen atoms in total. The molecule has 1 aliphatic heterocycles. The molecular formula is C18H19Cl2N5. The zero-order valence-electron chi connectivity index (χ0n) is 13.8. The second-order valence-electron chi connectivity index (χ2n) is 6.34. The second kappa shape index (κ2) is 7.18. The van der Waals surface area contributed by atoms with Gasteiger partial charge in [-0.05, 0) is 30.0 Å². The highest BCUT2D eigenvalue weighted by atomic mass is 35.5. The summed E-state index contributed by atoms with van der Waals surface area (Å²) in [7, 11) is 0. The molecule has 0 radical (unpaired) electrons. The molecule has 1 saturated heterocycles. The summed E-state index contributed by atoms with van der Waals surface area (Å²) in [5.74, 6) is 0.902. The summed E-state index contributed by atoms with van der Waals surface area (Å²) in [6, 6.07) is 10.3. The Bertz CT molecular complexity index is 870. The van der Waals surface area contributed by atoms with Gasteiger partial charge in [0, 0.05) is 13.1 Å². The topological polar surface area (TPSA) is 46.8 Å². The Balaban J connectivity index is 1.85. The highest BCUT2D eigenvalue weighted by molar-refractivity contribution is 6.35. The molecule has 1 aromatic carbocycles. The Hall–Kier alpha value is -1.85. The molecule has 1 fully saturated rings. The number of fused-ring (bicyclic) bond motifs is 1. The zero-order valence-corrected chi connectivity index (χ0v) is 15.3. The van der Waals surface area contributed by atoms with E-state index < -0.39 is 0 Å². The van der Waals surface area contributed by atoms with E-state index in [9.17, 15) is 0 Å². The number of hydrogen-bond donors (Lipinski definition) is 0. The van der Waals surface area contributed by atoms with Crippen LogP contribution in [0.3, 0.4) is 0 Å². The van der Waals surface area contributed by atoms with Crippen LogP contribution in [-0.2, 0) is 6.54 Å². The van der Waals surface area contributed by atoms with Crippen molar-refractivity contribution in [3.63, 3.8) is 0 Å². The lowest BCUT2D eigenvalue weighted by Crippen LogP contribution is -2.27. The van der Waals surface area contributed by atoms with Gasteiger partial charge in [-0.25, -0.2) is 4.98 Å². The van der Waals surface area contributed by atoms with Gasteiger partial charge in [0.1, 0.15) is 5.52 Å². The number of benzene rings is 1. The number of aromatic nitrogens is 4. The van der Waals surface area contributed by atoms with Gasteiger partial charge in [-0.3, -0.25) is 0 Å². The smallest absolute Gasteiger partial charge is 0.225 e. The number of hydrogen-bond acceptors (Lipinski definition) is 4. The van der Waals surface area contributed by atoms with Crippen LogP contribution in [0.25, 0.3) is 11.2 Å². The predicted molar refractivity (Wildman–Crippen MR) is 102 cm³/mol. The molecule has 4 rings (SSSR count). The lowest BCUT2D eigenvalue weighted by molar-refractivity contribution is 0.716. The van der Waals surface area contributed by atoms with Gasteiger partial charge in [-0.2, -0.15) is 9.97 Å². The first-order chi connectivity index (χ1) is 12.2. The van der Waals surface area contributed by atoms with Gasteiger partial charge in [0.15, 0.2) is 10.8 Å². The lowest BCUT2D eigenvalue weighted by atomic mass is 10.2. The normalized spacial score (nSPS) is 15.5. The number of rotatable bonds is 3. The van der Waals surface area contributed by atoms with Crippen molar-refractivity contribution in [2.75, 3.05) is 18.0 Å². The van der Waals surface area contributed by atoms with Crippen LogP contribution in [0.5, 0.6) is 0 Å². The summed E-state index contributed by atoms with van der Waals surface area (Å²) in [5, 5.41) is 0.476. The summed E-state index contributed by atoms with van der Waals surface area (Å²) in [5.41, 5.74) is 2.48. The van der Waals surface area contributed by atoms with Gasteiger partial charge in [-0.1, -0.05) is 54.8 Å². The molecule has 0 unspecified atom stereocenters. The molecule has 0 N–H and O–H groups in total. The first-order valence-corrected chi connectivity index (χ1v) is 9.36. The van der Waals surface area contributed by atoms with Crippen molar-refractivity contribution in [3.8, 4) is 0 Å². The van der Waals surface area contributed by atoms with Crippen LogP contribution in [-0.4, -0.2) is 32.6 Å². The predicted octanol–water partition coefficient (Wildman–Crippen LogP) is 4.56. The van der Waals surface area contributed by atoms with E-state index in [0.29, 0.717) is 17.3 Å². The number of nitrogens with zero attached hydrogens (tertiary/aromatic N) is 5. The number of imidazole rings is 1. The zero-order chi connectivity index (χ0) is 17.2. The molecule has 25 heavy (non-hydrogen) atoms. The highest BCUT2D eigenvalue weighted by Gasteiger charge is 2.22. The third kappa shape index (κ3) is 3.44. The molecule has 3 heterocycles. The Labute approximate surface area is 156 Å². The Morgan fingerprint density at radius 3 is 2.32 bits per heavy atom. The largest absolute Gasteiger partial charge is 0.342 e. The fourth-order valence-electron chi connectivity index (χ4n) is 3.38. The minimum Gasteiger partial charge on any atom is -0.342 e. The van der Waals surface area contributed by atoms with E-state index in [-0.39, 0.29) is 5.28 Å². The summed E-state index contributed by atoms with van der Waals surface area (Å²) in [4.78, 5) is 15.5. The Kier molecular flexibility index (Phi) is 4.77. The van der Waals surface area contributed by atoms with E-state index in [1.165, 1.54) is 31.2 Å². The van der Waals surface area contributed by atoms with Crippen LogP contribution in [0.4, 0.5) is 5.95 Å². The maximum atomic E-state index is 6.40. The molecule has 0 saturated carbocycles. The van der Waals surface area contributed by atoms with Crippen molar-refractivity contribution in [1.29, 1.82) is 0 Å². The molecule has 0 atom stereocenters. The minimum absolute atomic E-state index is 0.129. The van der Waals surface area contributed by atoms with Crippen molar-refractivity contribution >= 4 is 40.3 Å². The van der Waals surface area contributed by atoms with Gasteiger partial charge in [0.05, 0.1) is 6.54 Å². The van der Waals surface area contributed by atoms with Gasteiger partial charge in [0.2, 0.25) is 11.2 Å². The third-order valence-corrected chi connectivity index (χ3v) is 5.02. The highest BCUT2D eigenvalue weighted by Crippen LogP contribution is 2.29. The molecule has 3 aromatic rings. The van der Waals surface area contributed by atoms with Crippen LogP contribution in [0, 0.1) is 0 Å². The van der Waals surface area contributed by atoms with Crippen LogP contribution in [0.1, 0.15) is 31.2 Å². The van der Waals surface area contributed by atoms with Crippen molar-refractivity contribution in [2.45, 2.75) is 32.2 Å². The van der Waals surface area contributed by atoms with Gasteiger partial charge >= 0.3 is 0 Å². The van der Waals surface area contributed by atoms with Crippen LogP contribution >= 0.6 is 23.2 Å². The Morgan fingerprint density at radius 1 is 0.880 bits per heavy atom. The number of anilines is 1. The molecule has 130 valence electrons. The molecule has 1 aliphatic rings. The van der Waals surface area contributed by atoms with E-state index in [2.05, 4.69) is 31.6 Å². The monoisotopic (exact) mass is 375 g/mol. The van der Waals surface area contributed by atoms with Gasteiger partial charge < -0.3 is 9.47 Å². The quantitative estimate of drug-likeness (QED) is 0.497. The van der Waals surface area contributed by atoms with E-state index in [1.807, 2.05) is 18.2 Å². The summed E-state index contributed by atoms with van der Waals surface area (Å²) < 4.78 is 2.12. The van der Waals surface area contributed by atoms with Crippen molar-refractivity contribution in [1.82, 2.24) is 19.5 Å². The van der Waals surface area contributed by atoms with E-state index in [0.717, 1.165) is 24.6 Å². The first kappa shape index (κ1) is 16.6. The van der Waals surface area contributed by atoms with E-state index in [4.69, 9.17) is 28.2 Å². The van der Waals surface area contributed by atoms with E-state index >= 15 is 0 Å². The molecule has 2 aromatic heterocycles.